The van der Waals surface area contributed by atoms with E-state index >= 15 is 0 Å². The van der Waals surface area contributed by atoms with E-state index in [1.165, 1.54) is 5.56 Å². The fourth-order valence-corrected chi connectivity index (χ4v) is 4.39. The van der Waals surface area contributed by atoms with Crippen molar-refractivity contribution < 1.29 is 9.59 Å². The van der Waals surface area contributed by atoms with Gasteiger partial charge in [-0.1, -0.05) is 26.0 Å². The number of rotatable bonds is 7. The maximum Gasteiger partial charge on any atom is 0.238 e. The average molecular weight is 436 g/mol. The van der Waals surface area contributed by atoms with Crippen LogP contribution in [0.4, 0.5) is 11.5 Å². The summed E-state index contributed by atoms with van der Waals surface area (Å²) in [5.74, 6) is 1.58. The van der Waals surface area contributed by atoms with E-state index in [0.29, 0.717) is 30.7 Å². The van der Waals surface area contributed by atoms with Crippen molar-refractivity contribution in [3.8, 4) is 0 Å². The van der Waals surface area contributed by atoms with Crippen molar-refractivity contribution in [1.29, 1.82) is 0 Å². The highest BCUT2D eigenvalue weighted by Gasteiger charge is 2.32. The van der Waals surface area contributed by atoms with Crippen LogP contribution in [0, 0.1) is 17.8 Å². The first-order valence-electron chi connectivity index (χ1n) is 11.8. The second-order valence-corrected chi connectivity index (χ2v) is 9.06. The van der Waals surface area contributed by atoms with Gasteiger partial charge in [0.25, 0.3) is 0 Å². The minimum atomic E-state index is -0.0278. The zero-order valence-electron chi connectivity index (χ0n) is 19.0. The van der Waals surface area contributed by atoms with Crippen molar-refractivity contribution in [3.05, 3.63) is 48.2 Å². The summed E-state index contributed by atoms with van der Waals surface area (Å²) in [7, 11) is 0. The van der Waals surface area contributed by atoms with Gasteiger partial charge in [0.05, 0.1) is 11.6 Å². The quantitative estimate of drug-likeness (QED) is 0.723. The molecular weight excluding hydrogens is 402 g/mol. The molecule has 4 rings (SSSR count). The molecule has 170 valence electrons. The standard InChI is InChI=1S/C25H33N5O2/c1-3-18(2)24(31)29-13-10-20(11-14-29)15-19-6-8-22(9-7-19)30(23-5-4-12-27-28-23)25(32)21-16-26-17-21/h4-9,12,18,20-21,26H,3,10-11,13-17H2,1-2H3. The number of hydrogen-bond acceptors (Lipinski definition) is 5. The Morgan fingerprint density at radius 1 is 1.16 bits per heavy atom. The molecule has 1 atom stereocenters. The SMILES string of the molecule is CCC(C)C(=O)N1CCC(Cc2ccc(N(C(=O)C3CNC3)c3cccnn3)cc2)CC1. The average Bonchev–Trinajstić information content (AvgIpc) is 2.79. The van der Waals surface area contributed by atoms with Crippen LogP contribution in [-0.2, 0) is 16.0 Å². The van der Waals surface area contributed by atoms with Crippen molar-refractivity contribution in [2.24, 2.45) is 17.8 Å². The molecule has 0 spiro atoms. The number of nitrogens with zero attached hydrogens (tertiary/aromatic N) is 4. The Bertz CT molecular complexity index is 906. The van der Waals surface area contributed by atoms with E-state index in [0.717, 1.165) is 44.5 Å². The van der Waals surface area contributed by atoms with E-state index in [1.54, 1.807) is 17.2 Å². The maximum atomic E-state index is 13.1. The van der Waals surface area contributed by atoms with Crippen LogP contribution in [-0.4, -0.2) is 53.1 Å². The van der Waals surface area contributed by atoms with Crippen molar-refractivity contribution in [1.82, 2.24) is 20.4 Å². The highest BCUT2D eigenvalue weighted by atomic mass is 16.2. The number of aromatic nitrogens is 2. The second kappa shape index (κ2) is 10.2. The van der Waals surface area contributed by atoms with Crippen LogP contribution in [0.2, 0.25) is 0 Å². The molecule has 1 aromatic heterocycles. The lowest BCUT2D eigenvalue weighted by Crippen LogP contribution is -2.51. The summed E-state index contributed by atoms with van der Waals surface area (Å²) < 4.78 is 0. The summed E-state index contributed by atoms with van der Waals surface area (Å²) in [5.41, 5.74) is 2.08. The minimum Gasteiger partial charge on any atom is -0.342 e. The Hall–Kier alpha value is -2.80. The van der Waals surface area contributed by atoms with Gasteiger partial charge in [0.15, 0.2) is 5.82 Å². The number of nitrogens with one attached hydrogen (secondary N) is 1. The maximum absolute atomic E-state index is 13.1. The Morgan fingerprint density at radius 2 is 1.88 bits per heavy atom. The van der Waals surface area contributed by atoms with E-state index in [9.17, 15) is 9.59 Å². The topological polar surface area (TPSA) is 78.4 Å². The highest BCUT2D eigenvalue weighted by molar-refractivity contribution is 6.01. The minimum absolute atomic E-state index is 0.0278. The fraction of sp³-hybridized carbons (Fsp3) is 0.520. The monoisotopic (exact) mass is 435 g/mol. The number of benzene rings is 1. The van der Waals surface area contributed by atoms with Crippen LogP contribution in [0.3, 0.4) is 0 Å². The molecule has 7 heteroatoms. The third-order valence-corrected chi connectivity index (χ3v) is 6.82. The van der Waals surface area contributed by atoms with Gasteiger partial charge in [0, 0.05) is 38.3 Å². The third-order valence-electron chi connectivity index (χ3n) is 6.82. The third kappa shape index (κ3) is 4.99. The van der Waals surface area contributed by atoms with Gasteiger partial charge in [-0.2, -0.15) is 5.10 Å². The number of carbonyl (C=O) groups is 2. The van der Waals surface area contributed by atoms with Crippen molar-refractivity contribution in [3.63, 3.8) is 0 Å². The van der Waals surface area contributed by atoms with Crippen molar-refractivity contribution in [2.75, 3.05) is 31.1 Å². The number of hydrogen-bond donors (Lipinski definition) is 1. The molecule has 2 fully saturated rings. The summed E-state index contributed by atoms with van der Waals surface area (Å²) in [6, 6.07) is 11.9. The number of anilines is 2. The molecule has 0 aliphatic carbocycles. The molecule has 0 bridgehead atoms. The smallest absolute Gasteiger partial charge is 0.238 e. The molecule has 0 saturated carbocycles. The fourth-order valence-electron chi connectivity index (χ4n) is 4.39. The van der Waals surface area contributed by atoms with E-state index in [-0.39, 0.29) is 17.7 Å². The number of amides is 2. The van der Waals surface area contributed by atoms with E-state index in [2.05, 4.69) is 34.6 Å². The molecular formula is C25H33N5O2. The van der Waals surface area contributed by atoms with Crippen LogP contribution in [0.5, 0.6) is 0 Å². The van der Waals surface area contributed by atoms with Crippen molar-refractivity contribution in [2.45, 2.75) is 39.5 Å². The molecule has 2 amide bonds. The molecule has 2 aromatic rings. The molecule has 2 aliphatic heterocycles. The zero-order chi connectivity index (χ0) is 22.5. The van der Waals surface area contributed by atoms with Crippen molar-refractivity contribution >= 4 is 23.3 Å². The van der Waals surface area contributed by atoms with Crippen LogP contribution < -0.4 is 10.2 Å². The van der Waals surface area contributed by atoms with Gasteiger partial charge in [0.1, 0.15) is 0 Å². The Kier molecular flexibility index (Phi) is 7.15. The summed E-state index contributed by atoms with van der Waals surface area (Å²) >= 11 is 0. The number of carbonyl (C=O) groups excluding carboxylic acids is 2. The highest BCUT2D eigenvalue weighted by Crippen LogP contribution is 2.28. The second-order valence-electron chi connectivity index (χ2n) is 9.06. The lowest BCUT2D eigenvalue weighted by Gasteiger charge is -2.33. The van der Waals surface area contributed by atoms with Crippen LogP contribution >= 0.6 is 0 Å². The molecule has 1 unspecified atom stereocenters. The predicted molar refractivity (Wildman–Crippen MR) is 124 cm³/mol. The first-order valence-corrected chi connectivity index (χ1v) is 11.8. The van der Waals surface area contributed by atoms with E-state index in [4.69, 9.17) is 0 Å². The summed E-state index contributed by atoms with van der Waals surface area (Å²) in [5, 5.41) is 11.3. The van der Waals surface area contributed by atoms with Gasteiger partial charge in [-0.05, 0) is 61.4 Å². The Balaban J connectivity index is 1.40. The lowest BCUT2D eigenvalue weighted by molar-refractivity contribution is -0.136. The number of piperidine rings is 1. The van der Waals surface area contributed by atoms with Crippen LogP contribution in [0.15, 0.2) is 42.6 Å². The summed E-state index contributed by atoms with van der Waals surface area (Å²) in [6.07, 6.45) is 5.60. The molecule has 7 nitrogen and oxygen atoms in total. The van der Waals surface area contributed by atoms with E-state index in [1.807, 2.05) is 30.0 Å². The molecule has 0 radical (unpaired) electrons. The van der Waals surface area contributed by atoms with Gasteiger partial charge in [-0.15, -0.1) is 5.10 Å². The first-order chi connectivity index (χ1) is 15.6. The summed E-state index contributed by atoms with van der Waals surface area (Å²) in [4.78, 5) is 29.2. The molecule has 2 aliphatic rings. The van der Waals surface area contributed by atoms with Crippen LogP contribution in [0.25, 0.3) is 0 Å². The molecule has 2 saturated heterocycles. The Labute approximate surface area is 190 Å². The van der Waals surface area contributed by atoms with Gasteiger partial charge < -0.3 is 10.2 Å². The lowest BCUT2D eigenvalue weighted by atomic mass is 9.89. The number of likely N-dealkylation sites (tertiary alicyclic amines) is 1. The Morgan fingerprint density at radius 3 is 2.44 bits per heavy atom. The van der Waals surface area contributed by atoms with Gasteiger partial charge in [0.2, 0.25) is 11.8 Å². The van der Waals surface area contributed by atoms with Gasteiger partial charge in [-0.25, -0.2) is 0 Å². The molecule has 3 heterocycles. The largest absolute Gasteiger partial charge is 0.342 e. The van der Waals surface area contributed by atoms with Gasteiger partial charge >= 0.3 is 0 Å². The predicted octanol–water partition coefficient (Wildman–Crippen LogP) is 3.19. The first kappa shape index (κ1) is 22.4. The molecule has 32 heavy (non-hydrogen) atoms. The normalized spacial score (nSPS) is 18.1. The molecule has 1 N–H and O–H groups in total. The van der Waals surface area contributed by atoms with Gasteiger partial charge in [-0.3, -0.25) is 14.5 Å². The van der Waals surface area contributed by atoms with Crippen LogP contribution in [0.1, 0.15) is 38.7 Å². The van der Waals surface area contributed by atoms with E-state index < -0.39 is 0 Å². The summed E-state index contributed by atoms with van der Waals surface area (Å²) in [6.45, 7) is 7.21. The molecule has 1 aromatic carbocycles. The zero-order valence-corrected chi connectivity index (χ0v) is 19.0.